The Hall–Kier alpha value is -3.77. The van der Waals surface area contributed by atoms with E-state index in [1.165, 1.54) is 12.3 Å². The van der Waals surface area contributed by atoms with Gasteiger partial charge in [-0.25, -0.2) is 4.85 Å². The number of hydrogen-bond donors (Lipinski definition) is 0. The van der Waals surface area contributed by atoms with E-state index in [-0.39, 0.29) is 18.0 Å². The average Bonchev–Trinajstić information content (AvgIpc) is 2.67. The van der Waals surface area contributed by atoms with Crippen molar-refractivity contribution in [2.75, 3.05) is 20.3 Å². The Morgan fingerprint density at radius 2 is 2.04 bits per heavy atom. The number of benzene rings is 2. The van der Waals surface area contributed by atoms with Gasteiger partial charge in [0.15, 0.2) is 0 Å². The third-order valence-electron chi connectivity index (χ3n) is 3.79. The van der Waals surface area contributed by atoms with E-state index in [4.69, 9.17) is 20.8 Å². The molecule has 0 saturated heterocycles. The summed E-state index contributed by atoms with van der Waals surface area (Å²) in [4.78, 5) is 17.6. The number of halogens is 1. The zero-order valence-electron chi connectivity index (χ0n) is 14.7. The Bertz CT molecular complexity index is 1080. The molecule has 1 heterocycles. The van der Waals surface area contributed by atoms with Gasteiger partial charge in [0.25, 0.3) is 0 Å². The van der Waals surface area contributed by atoms with Gasteiger partial charge in [0.05, 0.1) is 23.6 Å². The highest BCUT2D eigenvalue weighted by atomic mass is 19.1. The molecule has 9 heteroatoms. The summed E-state index contributed by atoms with van der Waals surface area (Å²) in [6.45, 7) is 8.02. The predicted molar refractivity (Wildman–Crippen MR) is 98.5 cm³/mol. The van der Waals surface area contributed by atoms with E-state index >= 15 is 0 Å². The molecule has 0 N–H and O–H groups in total. The van der Waals surface area contributed by atoms with E-state index in [9.17, 15) is 14.5 Å². The maximum Gasteiger partial charge on any atom is 0.305 e. The molecular weight excluding hydrogens is 369 g/mol. The molecule has 8 nitrogen and oxygen atoms in total. The first-order chi connectivity index (χ1) is 13.5. The Labute approximate surface area is 159 Å². The first-order valence-electron chi connectivity index (χ1n) is 8.07. The van der Waals surface area contributed by atoms with E-state index in [2.05, 4.69) is 9.83 Å². The minimum atomic E-state index is -1.00. The molecule has 0 aliphatic heterocycles. The van der Waals surface area contributed by atoms with Gasteiger partial charge in [0.2, 0.25) is 11.5 Å². The van der Waals surface area contributed by atoms with E-state index in [1.54, 1.807) is 25.3 Å². The van der Waals surface area contributed by atoms with Crippen LogP contribution in [-0.4, -0.2) is 30.2 Å². The third kappa shape index (κ3) is 3.97. The lowest BCUT2D eigenvalue weighted by molar-refractivity contribution is -0.387. The van der Waals surface area contributed by atoms with Gasteiger partial charge in [-0.15, -0.1) is 0 Å². The fraction of sp³-hybridized carbons (Fsp3) is 0.158. The molecule has 0 amide bonds. The van der Waals surface area contributed by atoms with Crippen molar-refractivity contribution in [2.24, 2.45) is 0 Å². The summed E-state index contributed by atoms with van der Waals surface area (Å²) >= 11 is 0. The van der Waals surface area contributed by atoms with Crippen LogP contribution in [-0.2, 0) is 4.74 Å². The van der Waals surface area contributed by atoms with Crippen molar-refractivity contribution < 1.29 is 23.5 Å². The summed E-state index contributed by atoms with van der Waals surface area (Å²) in [5, 5.41) is 11.3. The molecule has 3 aromatic rings. The molecule has 0 aliphatic rings. The number of hydrogen-bond acceptors (Lipinski definition) is 6. The van der Waals surface area contributed by atoms with Crippen LogP contribution < -0.4 is 9.47 Å². The quantitative estimate of drug-likeness (QED) is 0.255. The molecule has 0 atom stereocenters. The largest absolute Gasteiger partial charge is 0.502 e. The Morgan fingerprint density at radius 3 is 2.71 bits per heavy atom. The molecule has 0 unspecified atom stereocenters. The zero-order chi connectivity index (χ0) is 20.1. The van der Waals surface area contributed by atoms with E-state index in [1.807, 2.05) is 0 Å². The highest BCUT2D eigenvalue weighted by Gasteiger charge is 2.16. The minimum Gasteiger partial charge on any atom is -0.502 e. The average molecular weight is 383 g/mol. The standard InChI is InChI=1S/C19H14FN3O5/c1-21-16-10-13-15(11-19(16)27-8-7-26-2)22-6-5-18(13)28-12-3-4-17(23(24)25)14(20)9-12/h3-6,9-11H,7-8H2,2H3. The van der Waals surface area contributed by atoms with Gasteiger partial charge in [-0.2, -0.15) is 4.39 Å². The van der Waals surface area contributed by atoms with Crippen molar-refractivity contribution >= 4 is 22.3 Å². The van der Waals surface area contributed by atoms with Gasteiger partial charge in [0.1, 0.15) is 23.9 Å². The van der Waals surface area contributed by atoms with Crippen LogP contribution in [0.15, 0.2) is 42.6 Å². The summed E-state index contributed by atoms with van der Waals surface area (Å²) in [5.74, 6) is -0.228. The molecule has 28 heavy (non-hydrogen) atoms. The van der Waals surface area contributed by atoms with Gasteiger partial charge in [-0.1, -0.05) is 0 Å². The van der Waals surface area contributed by atoms with Crippen LogP contribution in [0, 0.1) is 22.5 Å². The first kappa shape index (κ1) is 19.0. The molecule has 142 valence electrons. The van der Waals surface area contributed by atoms with Gasteiger partial charge in [-0.3, -0.25) is 15.1 Å². The van der Waals surface area contributed by atoms with Crippen LogP contribution in [0.4, 0.5) is 15.8 Å². The van der Waals surface area contributed by atoms with Crippen LogP contribution in [0.3, 0.4) is 0 Å². The second-order valence-electron chi connectivity index (χ2n) is 5.57. The number of aromatic nitrogens is 1. The molecule has 1 aromatic heterocycles. The topological polar surface area (TPSA) is 88.1 Å². The lowest BCUT2D eigenvalue weighted by Gasteiger charge is -2.12. The van der Waals surface area contributed by atoms with Gasteiger partial charge >= 0.3 is 5.69 Å². The zero-order valence-corrected chi connectivity index (χ0v) is 14.7. The number of fused-ring (bicyclic) bond motifs is 1. The summed E-state index contributed by atoms with van der Waals surface area (Å²) in [7, 11) is 1.55. The van der Waals surface area contributed by atoms with Crippen LogP contribution in [0.2, 0.25) is 0 Å². The molecule has 0 fully saturated rings. The SMILES string of the molecule is [C-]#[N+]c1cc2c(Oc3ccc([N+](=O)[O-])c(F)c3)ccnc2cc1OCCOC. The lowest BCUT2D eigenvalue weighted by Crippen LogP contribution is -2.04. The molecule has 2 aromatic carbocycles. The molecule has 0 bridgehead atoms. The van der Waals surface area contributed by atoms with Crippen molar-refractivity contribution in [3.63, 3.8) is 0 Å². The fourth-order valence-corrected chi connectivity index (χ4v) is 2.49. The summed E-state index contributed by atoms with van der Waals surface area (Å²) in [6.07, 6.45) is 1.50. The third-order valence-corrected chi connectivity index (χ3v) is 3.79. The Morgan fingerprint density at radius 1 is 1.21 bits per heavy atom. The van der Waals surface area contributed by atoms with Crippen molar-refractivity contribution in [2.45, 2.75) is 0 Å². The van der Waals surface area contributed by atoms with E-state index in [0.717, 1.165) is 12.1 Å². The highest BCUT2D eigenvalue weighted by Crippen LogP contribution is 2.37. The van der Waals surface area contributed by atoms with E-state index < -0.39 is 16.4 Å². The summed E-state index contributed by atoms with van der Waals surface area (Å²) in [5.41, 5.74) is 0.135. The fourth-order valence-electron chi connectivity index (χ4n) is 2.49. The number of nitro benzene ring substituents is 1. The minimum absolute atomic E-state index is 0.0837. The van der Waals surface area contributed by atoms with Gasteiger partial charge in [0, 0.05) is 30.8 Å². The molecule has 0 aliphatic carbocycles. The molecule has 0 saturated carbocycles. The van der Waals surface area contributed by atoms with Gasteiger partial charge in [-0.05, 0) is 24.3 Å². The number of nitrogens with zero attached hydrogens (tertiary/aromatic N) is 3. The molecule has 0 radical (unpaired) electrons. The van der Waals surface area contributed by atoms with Crippen LogP contribution in [0.5, 0.6) is 17.2 Å². The smallest absolute Gasteiger partial charge is 0.305 e. The molecule has 3 rings (SSSR count). The van der Waals surface area contributed by atoms with Crippen molar-refractivity contribution in [3.8, 4) is 17.2 Å². The first-order valence-corrected chi connectivity index (χ1v) is 8.07. The number of methoxy groups -OCH3 is 1. The van der Waals surface area contributed by atoms with Crippen LogP contribution >= 0.6 is 0 Å². The van der Waals surface area contributed by atoms with Crippen molar-refractivity contribution in [1.29, 1.82) is 0 Å². The van der Waals surface area contributed by atoms with Gasteiger partial charge < -0.3 is 14.2 Å². The second kappa shape index (κ2) is 8.28. The van der Waals surface area contributed by atoms with E-state index in [0.29, 0.717) is 29.0 Å². The van der Waals surface area contributed by atoms with Crippen LogP contribution in [0.25, 0.3) is 15.7 Å². The Balaban J connectivity index is 1.97. The predicted octanol–water partition coefficient (Wildman–Crippen LogP) is 4.65. The lowest BCUT2D eigenvalue weighted by atomic mass is 10.1. The highest BCUT2D eigenvalue weighted by molar-refractivity contribution is 5.91. The molecule has 0 spiro atoms. The summed E-state index contributed by atoms with van der Waals surface area (Å²) < 4.78 is 30.0. The summed E-state index contributed by atoms with van der Waals surface area (Å²) in [6, 6.07) is 7.99. The maximum absolute atomic E-state index is 13.8. The number of rotatable bonds is 7. The normalized spacial score (nSPS) is 10.5. The monoisotopic (exact) mass is 383 g/mol. The van der Waals surface area contributed by atoms with Crippen molar-refractivity contribution in [1.82, 2.24) is 4.98 Å². The maximum atomic E-state index is 13.8. The van der Waals surface area contributed by atoms with Crippen LogP contribution in [0.1, 0.15) is 0 Å². The number of ether oxygens (including phenoxy) is 3. The number of pyridine rings is 1. The van der Waals surface area contributed by atoms with Crippen molar-refractivity contribution in [3.05, 3.63) is 69.9 Å². The molecular formula is C19H14FN3O5. The number of nitro groups is 1. The Kier molecular flexibility index (Phi) is 5.62. The second-order valence-corrected chi connectivity index (χ2v) is 5.57.